The second kappa shape index (κ2) is 10.1. The Hall–Kier alpha value is -3.93. The van der Waals surface area contributed by atoms with Crippen LogP contribution in [0.4, 0.5) is 5.82 Å². The second-order valence-corrected chi connectivity index (χ2v) is 8.70. The smallest absolute Gasteiger partial charge is 0.258 e. The van der Waals surface area contributed by atoms with Crippen LogP contribution in [0.1, 0.15) is 29.8 Å². The second-order valence-electron chi connectivity index (χ2n) is 8.70. The number of nitrogens with zero attached hydrogens (tertiary/aromatic N) is 4. The fraction of sp³-hybridized carbons (Fsp3) is 0.276. The molecule has 0 saturated carbocycles. The average molecular weight is 467 g/mol. The SMILES string of the molecule is CCOc1ccc2ccccc2c1C(=O)N1CCN(c2ccc(-c3ccc(CC)cc3)nn2)CC1. The zero-order chi connectivity index (χ0) is 24.2. The van der Waals surface area contributed by atoms with Gasteiger partial charge in [0.2, 0.25) is 0 Å². The number of carbonyl (C=O) groups is 1. The van der Waals surface area contributed by atoms with E-state index in [9.17, 15) is 4.79 Å². The molecule has 1 aromatic heterocycles. The Morgan fingerprint density at radius 3 is 2.31 bits per heavy atom. The molecule has 4 aromatic rings. The molecule has 1 saturated heterocycles. The predicted molar refractivity (Wildman–Crippen MR) is 140 cm³/mol. The van der Waals surface area contributed by atoms with Crippen molar-refractivity contribution in [2.45, 2.75) is 20.3 Å². The molecule has 3 aromatic carbocycles. The topological polar surface area (TPSA) is 58.6 Å². The van der Waals surface area contributed by atoms with Crippen molar-refractivity contribution in [2.24, 2.45) is 0 Å². The monoisotopic (exact) mass is 466 g/mol. The minimum atomic E-state index is 0.0156. The van der Waals surface area contributed by atoms with E-state index < -0.39 is 0 Å². The van der Waals surface area contributed by atoms with Gasteiger partial charge >= 0.3 is 0 Å². The largest absolute Gasteiger partial charge is 0.493 e. The molecule has 0 bridgehead atoms. The van der Waals surface area contributed by atoms with Gasteiger partial charge in [-0.05, 0) is 47.9 Å². The van der Waals surface area contributed by atoms with Crippen molar-refractivity contribution < 1.29 is 9.53 Å². The summed E-state index contributed by atoms with van der Waals surface area (Å²) in [5, 5.41) is 10.9. The molecule has 0 aliphatic carbocycles. The number of aryl methyl sites for hydroxylation is 1. The zero-order valence-corrected chi connectivity index (χ0v) is 20.3. The molecular formula is C29H30N4O2. The van der Waals surface area contributed by atoms with Gasteiger partial charge in [-0.1, -0.05) is 61.5 Å². The minimum absolute atomic E-state index is 0.0156. The van der Waals surface area contributed by atoms with Crippen LogP contribution in [0.5, 0.6) is 5.75 Å². The summed E-state index contributed by atoms with van der Waals surface area (Å²) in [6.45, 7) is 7.26. The van der Waals surface area contributed by atoms with E-state index in [1.807, 2.05) is 60.4 Å². The molecule has 0 atom stereocenters. The fourth-order valence-corrected chi connectivity index (χ4v) is 4.60. The van der Waals surface area contributed by atoms with Crippen LogP contribution in [0.25, 0.3) is 22.0 Å². The van der Waals surface area contributed by atoms with E-state index in [1.165, 1.54) is 5.56 Å². The van der Waals surface area contributed by atoms with Crippen LogP contribution in [0, 0.1) is 0 Å². The third-order valence-corrected chi connectivity index (χ3v) is 6.60. The molecule has 5 rings (SSSR count). The Labute approximate surface area is 206 Å². The number of rotatable bonds is 6. The Morgan fingerprint density at radius 2 is 1.63 bits per heavy atom. The van der Waals surface area contributed by atoms with Gasteiger partial charge in [0.15, 0.2) is 5.82 Å². The number of fused-ring (bicyclic) bond motifs is 1. The van der Waals surface area contributed by atoms with Crippen LogP contribution in [0.2, 0.25) is 0 Å². The van der Waals surface area contributed by atoms with Gasteiger partial charge in [0, 0.05) is 31.7 Å². The summed E-state index contributed by atoms with van der Waals surface area (Å²) in [6.07, 6.45) is 1.02. The molecular weight excluding hydrogens is 436 g/mol. The molecule has 0 radical (unpaired) electrons. The number of aromatic nitrogens is 2. The van der Waals surface area contributed by atoms with E-state index in [1.54, 1.807) is 0 Å². The van der Waals surface area contributed by atoms with Gasteiger partial charge in [0.1, 0.15) is 5.75 Å². The van der Waals surface area contributed by atoms with Crippen molar-refractivity contribution in [2.75, 3.05) is 37.7 Å². The van der Waals surface area contributed by atoms with Crippen molar-refractivity contribution in [3.63, 3.8) is 0 Å². The molecule has 0 unspecified atom stereocenters. The Kier molecular flexibility index (Phi) is 6.62. The standard InChI is InChI=1S/C29H30N4O2/c1-3-21-9-11-23(12-10-21)25-14-16-27(31-30-25)32-17-19-33(20-18-32)29(34)28-24-8-6-5-7-22(24)13-15-26(28)35-4-2/h5-16H,3-4,17-20H2,1-2H3. The average Bonchev–Trinajstić information content (AvgIpc) is 2.93. The van der Waals surface area contributed by atoms with E-state index in [0.717, 1.165) is 34.3 Å². The Morgan fingerprint density at radius 1 is 0.857 bits per heavy atom. The molecule has 0 N–H and O–H groups in total. The Balaban J connectivity index is 1.29. The summed E-state index contributed by atoms with van der Waals surface area (Å²) in [4.78, 5) is 17.7. The van der Waals surface area contributed by atoms with Crippen molar-refractivity contribution in [1.29, 1.82) is 0 Å². The molecule has 0 spiro atoms. The fourth-order valence-electron chi connectivity index (χ4n) is 4.60. The summed E-state index contributed by atoms with van der Waals surface area (Å²) >= 11 is 0. The quantitative estimate of drug-likeness (QED) is 0.390. The van der Waals surface area contributed by atoms with E-state index in [-0.39, 0.29) is 5.91 Å². The van der Waals surface area contributed by atoms with Crippen LogP contribution in [-0.4, -0.2) is 53.8 Å². The molecule has 2 heterocycles. The first-order valence-corrected chi connectivity index (χ1v) is 12.3. The highest BCUT2D eigenvalue weighted by molar-refractivity contribution is 6.09. The number of hydrogen-bond donors (Lipinski definition) is 0. The van der Waals surface area contributed by atoms with Gasteiger partial charge in [-0.3, -0.25) is 4.79 Å². The van der Waals surface area contributed by atoms with Crippen LogP contribution >= 0.6 is 0 Å². The first-order valence-electron chi connectivity index (χ1n) is 12.3. The first kappa shape index (κ1) is 22.8. The maximum Gasteiger partial charge on any atom is 0.258 e. The van der Waals surface area contributed by atoms with E-state index in [4.69, 9.17) is 4.74 Å². The van der Waals surface area contributed by atoms with Gasteiger partial charge in [-0.2, -0.15) is 0 Å². The maximum absolute atomic E-state index is 13.6. The number of carbonyl (C=O) groups excluding carboxylic acids is 1. The van der Waals surface area contributed by atoms with E-state index in [2.05, 4.69) is 46.3 Å². The summed E-state index contributed by atoms with van der Waals surface area (Å²) in [5.74, 6) is 1.50. The molecule has 1 aliphatic heterocycles. The van der Waals surface area contributed by atoms with Crippen LogP contribution in [-0.2, 0) is 6.42 Å². The Bertz CT molecular complexity index is 1310. The molecule has 1 amide bonds. The van der Waals surface area contributed by atoms with Crippen LogP contribution < -0.4 is 9.64 Å². The lowest BCUT2D eigenvalue weighted by atomic mass is 10.0. The third-order valence-electron chi connectivity index (χ3n) is 6.60. The predicted octanol–water partition coefficient (Wildman–Crippen LogP) is 5.22. The van der Waals surface area contributed by atoms with Gasteiger partial charge in [0.25, 0.3) is 5.91 Å². The molecule has 178 valence electrons. The highest BCUT2D eigenvalue weighted by atomic mass is 16.5. The number of hydrogen-bond acceptors (Lipinski definition) is 5. The highest BCUT2D eigenvalue weighted by Crippen LogP contribution is 2.30. The number of benzene rings is 3. The number of anilines is 1. The molecule has 6 heteroatoms. The highest BCUT2D eigenvalue weighted by Gasteiger charge is 2.26. The number of amides is 1. The van der Waals surface area contributed by atoms with Crippen molar-refractivity contribution >= 4 is 22.5 Å². The normalized spacial score (nSPS) is 13.8. The lowest BCUT2D eigenvalue weighted by Gasteiger charge is -2.35. The van der Waals surface area contributed by atoms with Gasteiger partial charge < -0.3 is 14.5 Å². The van der Waals surface area contributed by atoms with Gasteiger partial charge in [-0.25, -0.2) is 0 Å². The summed E-state index contributed by atoms with van der Waals surface area (Å²) in [6, 6.07) is 24.4. The van der Waals surface area contributed by atoms with Crippen molar-refractivity contribution in [3.05, 3.63) is 83.9 Å². The zero-order valence-electron chi connectivity index (χ0n) is 20.3. The van der Waals surface area contributed by atoms with Crippen LogP contribution in [0.15, 0.2) is 72.8 Å². The minimum Gasteiger partial charge on any atom is -0.493 e. The molecule has 1 aliphatic rings. The molecule has 35 heavy (non-hydrogen) atoms. The summed E-state index contributed by atoms with van der Waals surface area (Å²) in [5.41, 5.74) is 3.89. The lowest BCUT2D eigenvalue weighted by Crippen LogP contribution is -2.49. The number of piperazine rings is 1. The van der Waals surface area contributed by atoms with E-state index in [0.29, 0.717) is 44.1 Å². The van der Waals surface area contributed by atoms with Gasteiger partial charge in [0.05, 0.1) is 17.9 Å². The summed E-state index contributed by atoms with van der Waals surface area (Å²) in [7, 11) is 0. The van der Waals surface area contributed by atoms with Crippen LogP contribution in [0.3, 0.4) is 0 Å². The maximum atomic E-state index is 13.6. The third kappa shape index (κ3) is 4.69. The van der Waals surface area contributed by atoms with E-state index >= 15 is 0 Å². The lowest BCUT2D eigenvalue weighted by molar-refractivity contribution is 0.0744. The van der Waals surface area contributed by atoms with Crippen molar-refractivity contribution in [3.8, 4) is 17.0 Å². The van der Waals surface area contributed by atoms with Gasteiger partial charge in [-0.15, -0.1) is 10.2 Å². The first-order chi connectivity index (χ1) is 17.2. The number of ether oxygens (including phenoxy) is 1. The molecule has 1 fully saturated rings. The molecule has 6 nitrogen and oxygen atoms in total. The summed E-state index contributed by atoms with van der Waals surface area (Å²) < 4.78 is 5.83. The van der Waals surface area contributed by atoms with Crippen molar-refractivity contribution in [1.82, 2.24) is 15.1 Å².